The minimum absolute atomic E-state index is 0.103. The average molecular weight is 356 g/mol. The van der Waals surface area contributed by atoms with Crippen LogP contribution in [0, 0.1) is 13.8 Å². The first-order valence-corrected chi connectivity index (χ1v) is 9.01. The van der Waals surface area contributed by atoms with Gasteiger partial charge in [0.05, 0.1) is 4.90 Å². The standard InChI is InChI=1S/C18H16N2O4S/c1-12-6-8-14(9-7-12)25(22,23)17-11-10-15(24-17)18(21)20-16-5-3-4-13(2)19-16/h3-11H,1-2H3,(H,19,20,21). The number of benzene rings is 1. The van der Waals surface area contributed by atoms with Gasteiger partial charge < -0.3 is 9.73 Å². The molecule has 0 radical (unpaired) electrons. The topological polar surface area (TPSA) is 89.3 Å². The van der Waals surface area contributed by atoms with Crippen molar-refractivity contribution in [3.8, 4) is 0 Å². The highest BCUT2D eigenvalue weighted by Gasteiger charge is 2.23. The molecule has 1 amide bonds. The van der Waals surface area contributed by atoms with E-state index in [-0.39, 0.29) is 15.7 Å². The number of nitrogens with zero attached hydrogens (tertiary/aromatic N) is 1. The molecule has 3 aromatic rings. The van der Waals surface area contributed by atoms with Crippen molar-refractivity contribution in [1.82, 2.24) is 4.98 Å². The smallest absolute Gasteiger partial charge is 0.292 e. The Hall–Kier alpha value is -2.93. The zero-order valence-corrected chi connectivity index (χ0v) is 14.5. The predicted molar refractivity (Wildman–Crippen MR) is 92.3 cm³/mol. The highest BCUT2D eigenvalue weighted by molar-refractivity contribution is 7.91. The Kier molecular flexibility index (Phi) is 4.41. The third kappa shape index (κ3) is 3.61. The van der Waals surface area contributed by atoms with Crippen molar-refractivity contribution in [3.05, 3.63) is 71.6 Å². The second kappa shape index (κ2) is 6.52. The lowest BCUT2D eigenvalue weighted by Crippen LogP contribution is -2.12. The van der Waals surface area contributed by atoms with Crippen LogP contribution < -0.4 is 5.32 Å². The number of carbonyl (C=O) groups excluding carboxylic acids is 1. The zero-order chi connectivity index (χ0) is 18.0. The number of carbonyl (C=O) groups is 1. The summed E-state index contributed by atoms with van der Waals surface area (Å²) >= 11 is 0. The van der Waals surface area contributed by atoms with Crippen molar-refractivity contribution in [2.75, 3.05) is 5.32 Å². The van der Waals surface area contributed by atoms with Crippen molar-refractivity contribution in [2.24, 2.45) is 0 Å². The molecule has 0 unspecified atom stereocenters. The number of nitrogens with one attached hydrogen (secondary N) is 1. The molecule has 0 saturated carbocycles. The maximum absolute atomic E-state index is 12.5. The van der Waals surface area contributed by atoms with E-state index in [0.29, 0.717) is 5.82 Å². The first-order chi connectivity index (χ1) is 11.9. The Morgan fingerprint density at radius 1 is 1.00 bits per heavy atom. The molecule has 1 N–H and O–H groups in total. The number of furan rings is 1. The summed E-state index contributed by atoms with van der Waals surface area (Å²) in [5.41, 5.74) is 1.70. The van der Waals surface area contributed by atoms with Crippen LogP contribution in [-0.2, 0) is 9.84 Å². The largest absolute Gasteiger partial charge is 0.439 e. The van der Waals surface area contributed by atoms with Crippen LogP contribution in [0.25, 0.3) is 0 Å². The van der Waals surface area contributed by atoms with Gasteiger partial charge in [-0.15, -0.1) is 0 Å². The number of rotatable bonds is 4. The summed E-state index contributed by atoms with van der Waals surface area (Å²) in [4.78, 5) is 16.5. The molecule has 0 bridgehead atoms. The molecule has 0 fully saturated rings. The maximum Gasteiger partial charge on any atom is 0.292 e. The van der Waals surface area contributed by atoms with Crippen molar-refractivity contribution >= 4 is 21.6 Å². The first-order valence-electron chi connectivity index (χ1n) is 7.53. The van der Waals surface area contributed by atoms with E-state index in [9.17, 15) is 13.2 Å². The van der Waals surface area contributed by atoms with E-state index < -0.39 is 15.7 Å². The summed E-state index contributed by atoms with van der Waals surface area (Å²) in [5, 5.41) is 2.29. The second-order valence-electron chi connectivity index (χ2n) is 5.55. The molecule has 2 aromatic heterocycles. The van der Waals surface area contributed by atoms with Gasteiger partial charge in [-0.3, -0.25) is 4.79 Å². The summed E-state index contributed by atoms with van der Waals surface area (Å²) in [7, 11) is -3.81. The SMILES string of the molecule is Cc1ccc(S(=O)(=O)c2ccc(C(=O)Nc3cccc(C)n3)o2)cc1. The predicted octanol–water partition coefficient (Wildman–Crippen LogP) is 3.38. The summed E-state index contributed by atoms with van der Waals surface area (Å²) in [6.45, 7) is 3.67. The maximum atomic E-state index is 12.5. The monoisotopic (exact) mass is 356 g/mol. The molecule has 6 nitrogen and oxygen atoms in total. The van der Waals surface area contributed by atoms with Gasteiger partial charge in [0.1, 0.15) is 5.82 Å². The van der Waals surface area contributed by atoms with E-state index >= 15 is 0 Å². The Morgan fingerprint density at radius 3 is 2.40 bits per heavy atom. The van der Waals surface area contributed by atoms with E-state index in [1.165, 1.54) is 24.3 Å². The zero-order valence-electron chi connectivity index (χ0n) is 13.7. The van der Waals surface area contributed by atoms with Gasteiger partial charge in [0.25, 0.3) is 5.91 Å². The van der Waals surface area contributed by atoms with Gasteiger partial charge >= 0.3 is 0 Å². The molecule has 7 heteroatoms. The fourth-order valence-corrected chi connectivity index (χ4v) is 3.38. The lowest BCUT2D eigenvalue weighted by atomic mass is 10.2. The lowest BCUT2D eigenvalue weighted by molar-refractivity contribution is 0.0991. The summed E-state index contributed by atoms with van der Waals surface area (Å²) in [5.74, 6) is -0.304. The van der Waals surface area contributed by atoms with Crippen LogP contribution in [0.3, 0.4) is 0 Å². The van der Waals surface area contributed by atoms with Crippen molar-refractivity contribution < 1.29 is 17.6 Å². The van der Waals surface area contributed by atoms with Crippen molar-refractivity contribution in [1.29, 1.82) is 0 Å². The summed E-state index contributed by atoms with van der Waals surface area (Å²) in [6.07, 6.45) is 0. The molecular formula is C18H16N2O4S. The fraction of sp³-hybridized carbons (Fsp3) is 0.111. The molecule has 0 aliphatic carbocycles. The van der Waals surface area contributed by atoms with Gasteiger partial charge in [0, 0.05) is 5.69 Å². The van der Waals surface area contributed by atoms with Crippen LogP contribution in [0.5, 0.6) is 0 Å². The highest BCUT2D eigenvalue weighted by Crippen LogP contribution is 2.23. The second-order valence-corrected chi connectivity index (χ2v) is 7.43. The Bertz CT molecular complexity index is 1020. The molecule has 0 aliphatic heterocycles. The quantitative estimate of drug-likeness (QED) is 0.774. The normalized spacial score (nSPS) is 11.3. The van der Waals surface area contributed by atoms with E-state index in [1.54, 1.807) is 37.3 Å². The van der Waals surface area contributed by atoms with Crippen molar-refractivity contribution in [2.45, 2.75) is 23.8 Å². The van der Waals surface area contributed by atoms with Gasteiger partial charge in [-0.05, 0) is 50.2 Å². The number of aryl methyl sites for hydroxylation is 2. The number of sulfone groups is 1. The van der Waals surface area contributed by atoms with E-state index in [0.717, 1.165) is 11.3 Å². The van der Waals surface area contributed by atoms with Gasteiger partial charge in [-0.25, -0.2) is 13.4 Å². The van der Waals surface area contributed by atoms with Gasteiger partial charge in [0.2, 0.25) is 14.9 Å². The number of pyridine rings is 1. The first kappa shape index (κ1) is 16.9. The Morgan fingerprint density at radius 2 is 1.72 bits per heavy atom. The van der Waals surface area contributed by atoms with Crippen LogP contribution in [0.1, 0.15) is 21.8 Å². The minimum atomic E-state index is -3.81. The minimum Gasteiger partial charge on any atom is -0.439 e. The van der Waals surface area contributed by atoms with E-state index in [4.69, 9.17) is 4.42 Å². The van der Waals surface area contributed by atoms with Crippen LogP contribution in [0.2, 0.25) is 0 Å². The molecule has 1 aromatic carbocycles. The molecule has 0 atom stereocenters. The number of hydrogen-bond acceptors (Lipinski definition) is 5. The van der Waals surface area contributed by atoms with E-state index in [1.807, 2.05) is 6.92 Å². The van der Waals surface area contributed by atoms with Crippen LogP contribution in [-0.4, -0.2) is 19.3 Å². The number of anilines is 1. The third-order valence-corrected chi connectivity index (χ3v) is 5.17. The molecule has 0 aliphatic rings. The Labute approximate surface area is 145 Å². The number of aromatic nitrogens is 1. The average Bonchev–Trinajstić information content (AvgIpc) is 3.06. The van der Waals surface area contributed by atoms with Crippen LogP contribution in [0.4, 0.5) is 5.82 Å². The van der Waals surface area contributed by atoms with Crippen LogP contribution in [0.15, 0.2) is 69.0 Å². The van der Waals surface area contributed by atoms with Gasteiger partial charge in [0.15, 0.2) is 5.76 Å². The summed E-state index contributed by atoms with van der Waals surface area (Å²) < 4.78 is 30.4. The molecule has 0 spiro atoms. The highest BCUT2D eigenvalue weighted by atomic mass is 32.2. The third-order valence-electron chi connectivity index (χ3n) is 3.53. The molecule has 25 heavy (non-hydrogen) atoms. The number of hydrogen-bond donors (Lipinski definition) is 1. The van der Waals surface area contributed by atoms with Crippen LogP contribution >= 0.6 is 0 Å². The molecule has 128 valence electrons. The van der Waals surface area contributed by atoms with E-state index in [2.05, 4.69) is 10.3 Å². The molecule has 2 heterocycles. The fourth-order valence-electron chi connectivity index (χ4n) is 2.21. The summed E-state index contributed by atoms with van der Waals surface area (Å²) in [6, 6.07) is 14.2. The van der Waals surface area contributed by atoms with Crippen molar-refractivity contribution in [3.63, 3.8) is 0 Å². The van der Waals surface area contributed by atoms with Gasteiger partial charge in [-0.2, -0.15) is 0 Å². The Balaban J connectivity index is 1.84. The molecule has 3 rings (SSSR count). The molecule has 0 saturated heterocycles. The lowest BCUT2D eigenvalue weighted by Gasteiger charge is -2.03. The number of amides is 1. The molecular weight excluding hydrogens is 340 g/mol. The van der Waals surface area contributed by atoms with Gasteiger partial charge in [-0.1, -0.05) is 23.8 Å².